The van der Waals surface area contributed by atoms with Gasteiger partial charge in [-0.1, -0.05) is 5.57 Å². The summed E-state index contributed by atoms with van der Waals surface area (Å²) in [5.74, 6) is -0.475. The van der Waals surface area contributed by atoms with E-state index in [2.05, 4.69) is 5.32 Å². The third-order valence-corrected chi connectivity index (χ3v) is 3.44. The number of carbonyl (C=O) groups is 2. The van der Waals surface area contributed by atoms with Gasteiger partial charge in [0, 0.05) is 13.0 Å². The van der Waals surface area contributed by atoms with Crippen molar-refractivity contribution in [2.45, 2.75) is 70.7 Å². The second kappa shape index (κ2) is 5.56. The maximum atomic E-state index is 12.1. The van der Waals surface area contributed by atoms with E-state index in [-0.39, 0.29) is 30.1 Å². The first-order valence-electron chi connectivity index (χ1n) is 7.11. The van der Waals surface area contributed by atoms with E-state index < -0.39 is 5.60 Å². The molecule has 112 valence electrons. The van der Waals surface area contributed by atoms with Crippen molar-refractivity contribution in [3.8, 4) is 0 Å². The lowest BCUT2D eigenvalue weighted by Gasteiger charge is -2.24. The van der Waals surface area contributed by atoms with Crippen molar-refractivity contribution in [2.75, 3.05) is 0 Å². The van der Waals surface area contributed by atoms with Gasteiger partial charge in [0.25, 0.3) is 0 Å². The van der Waals surface area contributed by atoms with E-state index in [1.807, 2.05) is 26.8 Å². The molecule has 0 saturated carbocycles. The zero-order chi connectivity index (χ0) is 14.9. The minimum atomic E-state index is -0.471. The smallest absolute Gasteiger partial charge is 0.324 e. The van der Waals surface area contributed by atoms with Gasteiger partial charge in [-0.3, -0.25) is 14.9 Å². The SMILES string of the molecule is CC(=O)O[C@H]1C=C2C[C@@H](C(=O)OC(C)(C)C)N[C@@H]2CC1. The summed E-state index contributed by atoms with van der Waals surface area (Å²) in [6.45, 7) is 7.01. The predicted molar refractivity (Wildman–Crippen MR) is 74.0 cm³/mol. The van der Waals surface area contributed by atoms with Gasteiger partial charge in [0.1, 0.15) is 17.7 Å². The number of esters is 2. The van der Waals surface area contributed by atoms with Crippen molar-refractivity contribution >= 4 is 11.9 Å². The molecule has 3 atom stereocenters. The van der Waals surface area contributed by atoms with Gasteiger partial charge >= 0.3 is 11.9 Å². The molecule has 0 aromatic heterocycles. The molecule has 1 saturated heterocycles. The van der Waals surface area contributed by atoms with Gasteiger partial charge < -0.3 is 9.47 Å². The number of fused-ring (bicyclic) bond motifs is 1. The maximum Gasteiger partial charge on any atom is 0.324 e. The lowest BCUT2D eigenvalue weighted by Crippen LogP contribution is -2.40. The zero-order valence-electron chi connectivity index (χ0n) is 12.6. The van der Waals surface area contributed by atoms with E-state index in [1.54, 1.807) is 0 Å². The molecular formula is C15H23NO4. The highest BCUT2D eigenvalue weighted by atomic mass is 16.6. The summed E-state index contributed by atoms with van der Waals surface area (Å²) in [5, 5.41) is 3.31. The molecule has 5 heteroatoms. The number of hydrogen-bond donors (Lipinski definition) is 1. The molecule has 0 bridgehead atoms. The largest absolute Gasteiger partial charge is 0.459 e. The van der Waals surface area contributed by atoms with Crippen LogP contribution < -0.4 is 5.32 Å². The van der Waals surface area contributed by atoms with Crippen LogP contribution in [0.15, 0.2) is 11.6 Å². The fraction of sp³-hybridized carbons (Fsp3) is 0.733. The first-order chi connectivity index (χ1) is 9.24. The van der Waals surface area contributed by atoms with E-state index in [0.29, 0.717) is 6.42 Å². The molecule has 0 amide bonds. The van der Waals surface area contributed by atoms with E-state index in [4.69, 9.17) is 9.47 Å². The summed E-state index contributed by atoms with van der Waals surface area (Å²) >= 11 is 0. The van der Waals surface area contributed by atoms with Crippen LogP contribution in [0.25, 0.3) is 0 Å². The molecule has 0 unspecified atom stereocenters. The minimum absolute atomic E-state index is 0.155. The average molecular weight is 281 g/mol. The van der Waals surface area contributed by atoms with Crippen LogP contribution in [0.4, 0.5) is 0 Å². The monoisotopic (exact) mass is 281 g/mol. The van der Waals surface area contributed by atoms with E-state index >= 15 is 0 Å². The fourth-order valence-electron chi connectivity index (χ4n) is 2.72. The van der Waals surface area contributed by atoms with Crippen LogP contribution in [0.3, 0.4) is 0 Å². The minimum Gasteiger partial charge on any atom is -0.459 e. The molecule has 0 radical (unpaired) electrons. The Labute approximate surface area is 119 Å². The first kappa shape index (κ1) is 15.0. The van der Waals surface area contributed by atoms with Crippen LogP contribution in [-0.2, 0) is 19.1 Å². The fourth-order valence-corrected chi connectivity index (χ4v) is 2.72. The zero-order valence-corrected chi connectivity index (χ0v) is 12.6. The third-order valence-electron chi connectivity index (χ3n) is 3.44. The molecule has 0 spiro atoms. The van der Waals surface area contributed by atoms with Gasteiger partial charge in [-0.05, 0) is 46.1 Å². The van der Waals surface area contributed by atoms with Crippen LogP contribution in [0.1, 0.15) is 47.0 Å². The summed E-state index contributed by atoms with van der Waals surface area (Å²) in [4.78, 5) is 23.1. The Hall–Kier alpha value is -1.36. The van der Waals surface area contributed by atoms with Crippen molar-refractivity contribution in [1.29, 1.82) is 0 Å². The highest BCUT2D eigenvalue weighted by molar-refractivity contribution is 5.77. The maximum absolute atomic E-state index is 12.1. The molecule has 1 aliphatic heterocycles. The highest BCUT2D eigenvalue weighted by Gasteiger charge is 2.38. The number of carbonyl (C=O) groups excluding carboxylic acids is 2. The number of rotatable bonds is 2. The Morgan fingerprint density at radius 1 is 1.30 bits per heavy atom. The Bertz CT molecular complexity index is 436. The van der Waals surface area contributed by atoms with Crippen LogP contribution in [0.2, 0.25) is 0 Å². The topological polar surface area (TPSA) is 64.6 Å². The summed E-state index contributed by atoms with van der Waals surface area (Å²) in [7, 11) is 0. The van der Waals surface area contributed by atoms with Gasteiger partial charge in [0.15, 0.2) is 0 Å². The molecule has 2 rings (SSSR count). The second-order valence-electron chi connectivity index (χ2n) is 6.48. The third kappa shape index (κ3) is 3.82. The molecule has 1 aliphatic carbocycles. The standard InChI is InChI=1S/C15H23NO4/c1-9(17)19-11-5-6-12-10(7-11)8-13(16-12)14(18)20-15(2,3)4/h7,11-13,16H,5-6,8H2,1-4H3/t11-,12-,13+/m1/s1. The summed E-state index contributed by atoms with van der Waals surface area (Å²) < 4.78 is 10.6. The van der Waals surface area contributed by atoms with E-state index in [9.17, 15) is 9.59 Å². The van der Waals surface area contributed by atoms with Crippen LogP contribution >= 0.6 is 0 Å². The molecule has 5 nitrogen and oxygen atoms in total. The molecular weight excluding hydrogens is 258 g/mol. The van der Waals surface area contributed by atoms with Crippen molar-refractivity contribution in [3.05, 3.63) is 11.6 Å². The lowest BCUT2D eigenvalue weighted by atomic mass is 9.93. The van der Waals surface area contributed by atoms with Crippen LogP contribution in [0, 0.1) is 0 Å². The summed E-state index contributed by atoms with van der Waals surface area (Å²) in [6, 6.07) is -0.0825. The molecule has 1 N–H and O–H groups in total. The number of ether oxygens (including phenoxy) is 2. The van der Waals surface area contributed by atoms with Gasteiger partial charge in [0.2, 0.25) is 0 Å². The molecule has 0 aromatic carbocycles. The Morgan fingerprint density at radius 3 is 2.60 bits per heavy atom. The van der Waals surface area contributed by atoms with Gasteiger partial charge in [-0.2, -0.15) is 0 Å². The normalized spacial score (nSPS) is 29.4. The van der Waals surface area contributed by atoms with E-state index in [0.717, 1.165) is 18.4 Å². The molecule has 0 aromatic rings. The summed E-state index contributed by atoms with van der Waals surface area (Å²) in [6.07, 6.45) is 4.13. The van der Waals surface area contributed by atoms with Crippen molar-refractivity contribution in [3.63, 3.8) is 0 Å². The number of hydrogen-bond acceptors (Lipinski definition) is 5. The van der Waals surface area contributed by atoms with Crippen molar-refractivity contribution in [2.24, 2.45) is 0 Å². The van der Waals surface area contributed by atoms with Gasteiger partial charge in [-0.25, -0.2) is 0 Å². The predicted octanol–water partition coefficient (Wildman–Crippen LogP) is 1.71. The van der Waals surface area contributed by atoms with Crippen molar-refractivity contribution < 1.29 is 19.1 Å². The molecule has 2 aliphatic rings. The first-order valence-corrected chi connectivity index (χ1v) is 7.11. The van der Waals surface area contributed by atoms with Gasteiger partial charge in [-0.15, -0.1) is 0 Å². The number of nitrogens with one attached hydrogen (secondary N) is 1. The van der Waals surface area contributed by atoms with Crippen LogP contribution in [0.5, 0.6) is 0 Å². The second-order valence-corrected chi connectivity index (χ2v) is 6.48. The van der Waals surface area contributed by atoms with E-state index in [1.165, 1.54) is 6.92 Å². The lowest BCUT2D eigenvalue weighted by molar-refractivity contribution is -0.157. The van der Waals surface area contributed by atoms with Crippen LogP contribution in [-0.4, -0.2) is 35.7 Å². The van der Waals surface area contributed by atoms with Gasteiger partial charge in [0.05, 0.1) is 0 Å². The molecule has 1 heterocycles. The average Bonchev–Trinajstić information content (AvgIpc) is 2.68. The Morgan fingerprint density at radius 2 is 2.00 bits per heavy atom. The highest BCUT2D eigenvalue weighted by Crippen LogP contribution is 2.30. The Kier molecular flexibility index (Phi) is 4.18. The summed E-state index contributed by atoms with van der Waals surface area (Å²) in [5.41, 5.74) is 0.680. The van der Waals surface area contributed by atoms with Crippen molar-refractivity contribution in [1.82, 2.24) is 5.32 Å². The molecule has 1 fully saturated rings. The molecule has 20 heavy (non-hydrogen) atoms. The quantitative estimate of drug-likeness (QED) is 0.616. The Balaban J connectivity index is 1.98.